The summed E-state index contributed by atoms with van der Waals surface area (Å²) in [6.07, 6.45) is 1.66. The lowest BCUT2D eigenvalue weighted by molar-refractivity contribution is 0.0691. The molecule has 0 bridgehead atoms. The Kier molecular flexibility index (Phi) is 5.09. The summed E-state index contributed by atoms with van der Waals surface area (Å²) in [5, 5.41) is 13.9. The molecule has 0 aliphatic rings. The molecule has 3 aromatic rings. The molecule has 0 fully saturated rings. The maximum Gasteiger partial charge on any atom is 0.336 e. The Hall–Kier alpha value is -3.14. The van der Waals surface area contributed by atoms with E-state index in [2.05, 4.69) is 5.32 Å². The van der Waals surface area contributed by atoms with Crippen LogP contribution in [0.1, 0.15) is 32.7 Å². The Labute approximate surface area is 146 Å². The summed E-state index contributed by atoms with van der Waals surface area (Å²) in [6.45, 7) is 0.500. The lowest BCUT2D eigenvalue weighted by Gasteiger charge is -2.10. The van der Waals surface area contributed by atoms with Crippen molar-refractivity contribution in [2.45, 2.75) is 12.8 Å². The number of nitrogens with one attached hydrogen (secondary N) is 1. The van der Waals surface area contributed by atoms with Gasteiger partial charge in [-0.05, 0) is 41.3 Å². The monoisotopic (exact) mass is 333 g/mol. The largest absolute Gasteiger partial charge is 0.478 e. The normalized spacial score (nSPS) is 10.6. The van der Waals surface area contributed by atoms with Gasteiger partial charge in [-0.2, -0.15) is 0 Å². The summed E-state index contributed by atoms with van der Waals surface area (Å²) in [4.78, 5) is 24.0. The molecule has 0 aliphatic carbocycles. The van der Waals surface area contributed by atoms with Gasteiger partial charge >= 0.3 is 5.97 Å². The number of carbonyl (C=O) groups excluding carboxylic acids is 1. The van der Waals surface area contributed by atoms with E-state index < -0.39 is 5.97 Å². The highest BCUT2D eigenvalue weighted by atomic mass is 16.4. The minimum atomic E-state index is -1.10. The van der Waals surface area contributed by atoms with Crippen molar-refractivity contribution >= 4 is 22.6 Å². The molecular weight excluding hydrogens is 314 g/mol. The van der Waals surface area contributed by atoms with Gasteiger partial charge in [0.15, 0.2) is 0 Å². The Morgan fingerprint density at radius 3 is 2.08 bits per heavy atom. The number of carboxylic acid groups (broad SMARTS) is 1. The molecule has 0 unspecified atom stereocenters. The van der Waals surface area contributed by atoms with E-state index in [1.54, 1.807) is 12.1 Å². The molecule has 0 spiro atoms. The van der Waals surface area contributed by atoms with E-state index in [-0.39, 0.29) is 17.0 Å². The number of rotatable bonds is 6. The van der Waals surface area contributed by atoms with Gasteiger partial charge in [0, 0.05) is 6.54 Å². The van der Waals surface area contributed by atoms with E-state index in [4.69, 9.17) is 0 Å². The SMILES string of the molecule is O=C(O)c1cc2ccccc2cc1C(=O)NCCCc1ccccc1. The summed E-state index contributed by atoms with van der Waals surface area (Å²) in [6, 6.07) is 20.7. The smallest absolute Gasteiger partial charge is 0.336 e. The zero-order valence-corrected chi connectivity index (χ0v) is 13.7. The van der Waals surface area contributed by atoms with Crippen LogP contribution in [-0.4, -0.2) is 23.5 Å². The molecule has 0 radical (unpaired) electrons. The lowest BCUT2D eigenvalue weighted by Crippen LogP contribution is -2.26. The van der Waals surface area contributed by atoms with Crippen molar-refractivity contribution in [3.8, 4) is 0 Å². The second-order valence-electron chi connectivity index (χ2n) is 5.90. The molecule has 4 heteroatoms. The average Bonchev–Trinajstić information content (AvgIpc) is 2.64. The zero-order valence-electron chi connectivity index (χ0n) is 13.7. The van der Waals surface area contributed by atoms with Crippen LogP contribution in [0.5, 0.6) is 0 Å². The van der Waals surface area contributed by atoms with Crippen LogP contribution in [0.3, 0.4) is 0 Å². The van der Waals surface area contributed by atoms with Crippen LogP contribution in [0.2, 0.25) is 0 Å². The third-order valence-corrected chi connectivity index (χ3v) is 4.13. The zero-order chi connectivity index (χ0) is 17.6. The van der Waals surface area contributed by atoms with Gasteiger partial charge in [-0.3, -0.25) is 4.79 Å². The van der Waals surface area contributed by atoms with E-state index in [1.165, 1.54) is 5.56 Å². The minimum Gasteiger partial charge on any atom is -0.478 e. The average molecular weight is 333 g/mol. The Balaban J connectivity index is 1.70. The predicted molar refractivity (Wildman–Crippen MR) is 98.0 cm³/mol. The first-order chi connectivity index (χ1) is 12.1. The Bertz CT molecular complexity index is 903. The molecule has 0 aromatic heterocycles. The second-order valence-corrected chi connectivity index (χ2v) is 5.90. The summed E-state index contributed by atoms with van der Waals surface area (Å²) >= 11 is 0. The van der Waals surface area contributed by atoms with Crippen molar-refractivity contribution in [3.05, 3.63) is 83.4 Å². The molecule has 0 saturated carbocycles. The summed E-state index contributed by atoms with van der Waals surface area (Å²) in [5.74, 6) is -1.45. The van der Waals surface area contributed by atoms with Gasteiger partial charge in [0.2, 0.25) is 0 Å². The number of amides is 1. The fourth-order valence-electron chi connectivity index (χ4n) is 2.84. The van der Waals surface area contributed by atoms with Gasteiger partial charge in [0.25, 0.3) is 5.91 Å². The van der Waals surface area contributed by atoms with E-state index in [1.807, 2.05) is 54.6 Å². The van der Waals surface area contributed by atoms with Crippen molar-refractivity contribution in [1.29, 1.82) is 0 Å². The van der Waals surface area contributed by atoms with E-state index in [0.29, 0.717) is 6.54 Å². The first kappa shape index (κ1) is 16.7. The van der Waals surface area contributed by atoms with Crippen LogP contribution >= 0.6 is 0 Å². The molecule has 0 heterocycles. The van der Waals surface area contributed by atoms with Crippen molar-refractivity contribution in [2.75, 3.05) is 6.54 Å². The van der Waals surface area contributed by atoms with Crippen LogP contribution < -0.4 is 5.32 Å². The van der Waals surface area contributed by atoms with Gasteiger partial charge < -0.3 is 10.4 Å². The minimum absolute atomic E-state index is 0.0271. The standard InChI is InChI=1S/C21H19NO3/c23-20(22-12-6-9-15-7-2-1-3-8-15)18-13-16-10-4-5-11-17(16)14-19(18)21(24)25/h1-5,7-8,10-11,13-14H,6,9,12H2,(H,22,23)(H,24,25). The number of benzene rings is 3. The van der Waals surface area contributed by atoms with Gasteiger partial charge in [-0.1, -0.05) is 54.6 Å². The fourth-order valence-corrected chi connectivity index (χ4v) is 2.84. The summed E-state index contributed by atoms with van der Waals surface area (Å²) < 4.78 is 0. The predicted octanol–water partition coefficient (Wildman–Crippen LogP) is 3.90. The van der Waals surface area contributed by atoms with Gasteiger partial charge in [0.05, 0.1) is 11.1 Å². The van der Waals surface area contributed by atoms with Gasteiger partial charge in [0.1, 0.15) is 0 Å². The second kappa shape index (κ2) is 7.62. The summed E-state index contributed by atoms with van der Waals surface area (Å²) in [7, 11) is 0. The van der Waals surface area contributed by atoms with Crippen molar-refractivity contribution in [1.82, 2.24) is 5.32 Å². The molecule has 4 nitrogen and oxygen atoms in total. The third-order valence-electron chi connectivity index (χ3n) is 4.13. The van der Waals surface area contributed by atoms with E-state index >= 15 is 0 Å². The maximum atomic E-state index is 12.5. The van der Waals surface area contributed by atoms with Crippen LogP contribution in [0.4, 0.5) is 0 Å². The highest BCUT2D eigenvalue weighted by Crippen LogP contribution is 2.20. The van der Waals surface area contributed by atoms with Crippen molar-refractivity contribution in [2.24, 2.45) is 0 Å². The first-order valence-corrected chi connectivity index (χ1v) is 8.23. The maximum absolute atomic E-state index is 12.5. The third kappa shape index (κ3) is 4.04. The fraction of sp³-hybridized carbons (Fsp3) is 0.143. The van der Waals surface area contributed by atoms with Crippen molar-refractivity contribution < 1.29 is 14.7 Å². The number of aromatic carboxylic acids is 1. The number of hydrogen-bond donors (Lipinski definition) is 2. The van der Waals surface area contributed by atoms with Crippen LogP contribution in [-0.2, 0) is 6.42 Å². The Morgan fingerprint density at radius 1 is 0.840 bits per heavy atom. The molecule has 0 saturated heterocycles. The number of carboxylic acids is 1. The topological polar surface area (TPSA) is 66.4 Å². The van der Waals surface area contributed by atoms with Crippen LogP contribution in [0.25, 0.3) is 10.8 Å². The number of aryl methyl sites for hydroxylation is 1. The number of hydrogen-bond acceptors (Lipinski definition) is 2. The van der Waals surface area contributed by atoms with E-state index in [9.17, 15) is 14.7 Å². The van der Waals surface area contributed by atoms with Crippen molar-refractivity contribution in [3.63, 3.8) is 0 Å². The first-order valence-electron chi connectivity index (χ1n) is 8.23. The van der Waals surface area contributed by atoms with Crippen LogP contribution in [0, 0.1) is 0 Å². The highest BCUT2D eigenvalue weighted by molar-refractivity contribution is 6.08. The molecule has 25 heavy (non-hydrogen) atoms. The lowest BCUT2D eigenvalue weighted by atomic mass is 10.00. The molecule has 126 valence electrons. The number of fused-ring (bicyclic) bond motifs is 1. The molecule has 3 rings (SSSR count). The molecule has 1 amide bonds. The molecule has 0 atom stereocenters. The van der Waals surface area contributed by atoms with E-state index in [0.717, 1.165) is 23.6 Å². The van der Waals surface area contributed by atoms with Gasteiger partial charge in [-0.15, -0.1) is 0 Å². The summed E-state index contributed by atoms with van der Waals surface area (Å²) in [5.41, 5.74) is 1.44. The van der Waals surface area contributed by atoms with Gasteiger partial charge in [-0.25, -0.2) is 4.79 Å². The number of carbonyl (C=O) groups is 2. The molecule has 2 N–H and O–H groups in total. The molecular formula is C21H19NO3. The Morgan fingerprint density at radius 2 is 1.44 bits per heavy atom. The highest BCUT2D eigenvalue weighted by Gasteiger charge is 2.17. The molecule has 3 aromatic carbocycles. The quantitative estimate of drug-likeness (QED) is 0.672. The van der Waals surface area contributed by atoms with Crippen LogP contribution in [0.15, 0.2) is 66.7 Å². The molecule has 0 aliphatic heterocycles.